The van der Waals surface area contributed by atoms with Crippen LogP contribution < -0.4 is 10.6 Å². The van der Waals surface area contributed by atoms with E-state index in [2.05, 4.69) is 10.6 Å². The second kappa shape index (κ2) is 16.3. The number of aliphatic hydroxyl groups excluding tert-OH is 2. The molecule has 0 aromatic rings. The molecule has 5 aliphatic rings. The summed E-state index contributed by atoms with van der Waals surface area (Å²) in [6, 6.07) is -2.39. The smallest absolute Gasteiger partial charge is 0.408 e. The Labute approximate surface area is 305 Å². The van der Waals surface area contributed by atoms with Crippen molar-refractivity contribution >= 4 is 24.0 Å². The van der Waals surface area contributed by atoms with Gasteiger partial charge in [0, 0.05) is 27.1 Å². The number of hydroxylamine groups is 4. The minimum absolute atomic E-state index is 0.150. The van der Waals surface area contributed by atoms with Crippen LogP contribution >= 0.6 is 0 Å². The molecule has 8 unspecified atom stereocenters. The Bertz CT molecular complexity index is 1280. The molecule has 3 saturated heterocycles. The number of hydrogen-bond donors (Lipinski definition) is 4. The van der Waals surface area contributed by atoms with Gasteiger partial charge in [0.1, 0.15) is 59.9 Å². The number of ether oxygens (including phenoxy) is 6. The molecular weight excluding hydrogens is 688 g/mol. The van der Waals surface area contributed by atoms with E-state index in [1.165, 1.54) is 12.0 Å². The minimum Gasteiger partial charge on any atom is -0.444 e. The fourth-order valence-electron chi connectivity index (χ4n) is 5.98. The third-order valence-corrected chi connectivity index (χ3v) is 8.71. The van der Waals surface area contributed by atoms with Gasteiger partial charge in [0.05, 0.1) is 12.1 Å². The van der Waals surface area contributed by atoms with Gasteiger partial charge in [0.2, 0.25) is 0 Å². The lowest BCUT2D eigenvalue weighted by Crippen LogP contribution is -2.55. The number of methoxy groups -OCH3 is 2. The molecular formula is C34H60N4O14. The van der Waals surface area contributed by atoms with Gasteiger partial charge in [-0.3, -0.25) is 19.3 Å². The number of nitrogens with one attached hydrogen (secondary N) is 2. The van der Waals surface area contributed by atoms with Gasteiger partial charge in [-0.15, -0.1) is 0 Å². The highest BCUT2D eigenvalue weighted by atomic mass is 16.8. The van der Waals surface area contributed by atoms with Gasteiger partial charge in [-0.25, -0.2) is 19.7 Å². The molecule has 0 spiro atoms. The summed E-state index contributed by atoms with van der Waals surface area (Å²) < 4.78 is 31.7. The van der Waals surface area contributed by atoms with Crippen LogP contribution in [0.2, 0.25) is 0 Å². The zero-order chi connectivity index (χ0) is 39.7. The molecule has 3 aliphatic heterocycles. The number of nitrogens with zero attached hydrogens (tertiary/aromatic N) is 2. The Kier molecular flexibility index (Phi) is 13.6. The largest absolute Gasteiger partial charge is 0.444 e. The topological polar surface area (TPSA) is 213 Å². The first-order chi connectivity index (χ1) is 23.7. The van der Waals surface area contributed by atoms with Crippen LogP contribution in [0.3, 0.4) is 0 Å². The van der Waals surface area contributed by atoms with Gasteiger partial charge >= 0.3 is 12.2 Å². The van der Waals surface area contributed by atoms with Crippen LogP contribution in [0.4, 0.5) is 9.59 Å². The summed E-state index contributed by atoms with van der Waals surface area (Å²) in [5, 5.41) is 26.7. The molecule has 0 radical (unpaired) electrons. The van der Waals surface area contributed by atoms with E-state index in [-0.39, 0.29) is 30.3 Å². The zero-order valence-corrected chi connectivity index (χ0v) is 32.9. The number of alkyl carbamates (subject to hydrolysis) is 2. The summed E-state index contributed by atoms with van der Waals surface area (Å²) in [7, 11) is 3.23. The van der Waals surface area contributed by atoms with E-state index >= 15 is 0 Å². The Hall–Kier alpha value is -2.84. The fourth-order valence-corrected chi connectivity index (χ4v) is 5.98. The van der Waals surface area contributed by atoms with E-state index in [0.29, 0.717) is 12.8 Å². The number of rotatable bonds is 6. The highest BCUT2D eigenvalue weighted by molar-refractivity contribution is 5.86. The maximum atomic E-state index is 12.6. The van der Waals surface area contributed by atoms with Gasteiger partial charge < -0.3 is 49.3 Å². The zero-order valence-electron chi connectivity index (χ0n) is 32.9. The molecule has 10 atom stereocenters. The summed E-state index contributed by atoms with van der Waals surface area (Å²) in [5.74, 6) is -1.89. The molecule has 18 heteroatoms. The molecule has 3 heterocycles. The highest BCUT2D eigenvalue weighted by Crippen LogP contribution is 2.46. The van der Waals surface area contributed by atoms with Crippen LogP contribution in [-0.2, 0) is 47.7 Å². The van der Waals surface area contributed by atoms with Crippen LogP contribution in [-0.4, -0.2) is 142 Å². The van der Waals surface area contributed by atoms with Crippen molar-refractivity contribution in [3.63, 3.8) is 0 Å². The predicted molar refractivity (Wildman–Crippen MR) is 182 cm³/mol. The summed E-state index contributed by atoms with van der Waals surface area (Å²) in [6.45, 7) is 21.0. The van der Waals surface area contributed by atoms with E-state index in [4.69, 9.17) is 38.1 Å². The minimum atomic E-state index is -1.03. The van der Waals surface area contributed by atoms with Gasteiger partial charge in [-0.2, -0.15) is 0 Å². The number of amides is 4. The van der Waals surface area contributed by atoms with Gasteiger partial charge in [-0.1, -0.05) is 0 Å². The quantitative estimate of drug-likeness (QED) is 0.286. The third kappa shape index (κ3) is 11.1. The monoisotopic (exact) mass is 748 g/mol. The first-order valence-electron chi connectivity index (χ1n) is 17.5. The molecule has 4 amide bonds. The average Bonchev–Trinajstić information content (AvgIpc) is 3.81. The van der Waals surface area contributed by atoms with Crippen molar-refractivity contribution in [1.29, 1.82) is 0 Å². The first-order valence-corrected chi connectivity index (χ1v) is 17.5. The molecule has 2 saturated carbocycles. The van der Waals surface area contributed by atoms with Crippen molar-refractivity contribution < 1.29 is 67.5 Å². The van der Waals surface area contributed by atoms with Crippen LogP contribution in [0.15, 0.2) is 0 Å². The SMILES string of the molecule is COC(C)(C)OC.C[C@@H](NC(=O)OC(C)(C)C)C(=O)N1OC2CC1C(O)C2O.C[C@@H](NC(=O)OC(C)(C)C)C(=O)N1OC2CC1C1OC(C)(C)OC21. The Morgan fingerprint density at radius 2 is 1.10 bits per heavy atom. The normalized spacial score (nSPS) is 31.0. The van der Waals surface area contributed by atoms with Crippen molar-refractivity contribution in [2.75, 3.05) is 14.2 Å². The van der Waals surface area contributed by atoms with E-state index in [1.807, 2.05) is 27.7 Å². The van der Waals surface area contributed by atoms with Crippen LogP contribution in [0, 0.1) is 0 Å². The molecule has 4 N–H and O–H groups in total. The van der Waals surface area contributed by atoms with Gasteiger partial charge in [0.15, 0.2) is 11.6 Å². The summed E-state index contributed by atoms with van der Waals surface area (Å²) >= 11 is 0. The maximum Gasteiger partial charge on any atom is 0.408 e. The molecule has 18 nitrogen and oxygen atoms in total. The van der Waals surface area contributed by atoms with E-state index in [1.54, 1.807) is 62.7 Å². The number of carbonyl (C=O) groups is 4. The van der Waals surface area contributed by atoms with Crippen molar-refractivity contribution in [3.05, 3.63) is 0 Å². The molecule has 300 valence electrons. The van der Waals surface area contributed by atoms with E-state index in [9.17, 15) is 29.4 Å². The summed E-state index contributed by atoms with van der Waals surface area (Å²) in [5.41, 5.74) is -1.28. The second-order valence-electron chi connectivity index (χ2n) is 16.3. The molecule has 0 aromatic carbocycles. The Morgan fingerprint density at radius 1 is 0.692 bits per heavy atom. The van der Waals surface area contributed by atoms with E-state index < -0.39 is 77.3 Å². The summed E-state index contributed by atoms with van der Waals surface area (Å²) in [6.07, 6.45) is -3.40. The standard InChI is InChI=1S/C16H26N2O6.C13H22N2O6.C5H12O2/c1-8(17-14(20)23-15(2,3)4)13(19)18-9-7-10(24-18)12-11(9)21-16(5,6)22-12;1-6(14-12(19)20-13(2,3)4)11(18)15-7-5-8(21-15)10(17)9(7)16;1-5(2,6-3)7-4/h8-12H,7H2,1-6H3,(H,17,20);6-10,16-17H,5H2,1-4H3,(H,14,19);1-4H3/t8-,9?,10?,11?,12?;6-,7?,8?,9?,10?;/m11./s1. The van der Waals surface area contributed by atoms with Gasteiger partial charge in [0.25, 0.3) is 11.8 Å². The molecule has 5 fully saturated rings. The van der Waals surface area contributed by atoms with E-state index in [0.717, 1.165) is 5.06 Å². The Balaban J connectivity index is 0.000000239. The Morgan fingerprint density at radius 3 is 1.48 bits per heavy atom. The average molecular weight is 749 g/mol. The predicted octanol–water partition coefficient (Wildman–Crippen LogP) is 1.89. The summed E-state index contributed by atoms with van der Waals surface area (Å²) in [4.78, 5) is 59.3. The molecule has 52 heavy (non-hydrogen) atoms. The van der Waals surface area contributed by atoms with Crippen LogP contribution in [0.1, 0.15) is 95.9 Å². The number of fused-ring (bicyclic) bond motifs is 7. The lowest BCUT2D eigenvalue weighted by Gasteiger charge is -2.33. The molecule has 2 aliphatic carbocycles. The molecule has 5 rings (SSSR count). The number of hydrogen-bond acceptors (Lipinski definition) is 14. The number of carbonyl (C=O) groups excluding carboxylic acids is 4. The van der Waals surface area contributed by atoms with Crippen molar-refractivity contribution in [2.24, 2.45) is 0 Å². The van der Waals surface area contributed by atoms with Crippen molar-refractivity contribution in [2.45, 2.75) is 179 Å². The molecule has 4 bridgehead atoms. The molecule has 0 aromatic heterocycles. The second-order valence-corrected chi connectivity index (χ2v) is 16.3. The lowest BCUT2D eigenvalue weighted by atomic mass is 10.1. The fraction of sp³-hybridized carbons (Fsp3) is 0.882. The van der Waals surface area contributed by atoms with Gasteiger partial charge in [-0.05, 0) is 83.1 Å². The highest BCUT2D eigenvalue weighted by Gasteiger charge is 2.62. The number of aliphatic hydroxyl groups is 2. The third-order valence-electron chi connectivity index (χ3n) is 8.71. The van der Waals surface area contributed by atoms with Crippen LogP contribution in [0.25, 0.3) is 0 Å². The van der Waals surface area contributed by atoms with Crippen molar-refractivity contribution in [1.82, 2.24) is 20.8 Å². The first kappa shape index (κ1) is 43.6. The van der Waals surface area contributed by atoms with Crippen molar-refractivity contribution in [3.8, 4) is 0 Å². The lowest BCUT2D eigenvalue weighted by molar-refractivity contribution is -0.240. The van der Waals surface area contributed by atoms with Crippen LogP contribution in [0.5, 0.6) is 0 Å². The maximum absolute atomic E-state index is 12.6.